The Labute approximate surface area is 153 Å². The van der Waals surface area contributed by atoms with Gasteiger partial charge in [0.15, 0.2) is 5.13 Å². The van der Waals surface area contributed by atoms with Crippen molar-refractivity contribution in [1.29, 1.82) is 0 Å². The Balaban J connectivity index is 1.47. The minimum absolute atomic E-state index is 0.0128. The van der Waals surface area contributed by atoms with Crippen LogP contribution < -0.4 is 5.32 Å². The van der Waals surface area contributed by atoms with Crippen molar-refractivity contribution < 1.29 is 4.79 Å². The molecule has 1 aliphatic carbocycles. The van der Waals surface area contributed by atoms with E-state index in [0.29, 0.717) is 15.8 Å². The first-order chi connectivity index (χ1) is 11.1. The normalized spacial score (nSPS) is 13.7. The monoisotopic (exact) mass is 386 g/mol. The minimum atomic E-state index is -0.0128. The average molecular weight is 387 g/mol. The fourth-order valence-corrected chi connectivity index (χ4v) is 4.61. The summed E-state index contributed by atoms with van der Waals surface area (Å²) in [6, 6.07) is 5.54. The number of fused-ring (bicyclic) bond motifs is 1. The lowest BCUT2D eigenvalue weighted by Crippen LogP contribution is -2.14. The Morgan fingerprint density at radius 2 is 2.09 bits per heavy atom. The molecular weight excluding hydrogens is 371 g/mol. The van der Waals surface area contributed by atoms with Crippen molar-refractivity contribution in [3.8, 4) is 0 Å². The van der Waals surface area contributed by atoms with E-state index >= 15 is 0 Å². The molecule has 0 bridgehead atoms. The van der Waals surface area contributed by atoms with Gasteiger partial charge in [-0.2, -0.15) is 0 Å². The van der Waals surface area contributed by atoms with E-state index in [1.54, 1.807) is 29.2 Å². The van der Waals surface area contributed by atoms with Crippen LogP contribution in [0.15, 0.2) is 18.2 Å². The number of aromatic nitrogens is 1. The molecule has 0 saturated heterocycles. The summed E-state index contributed by atoms with van der Waals surface area (Å²) in [5.74, 6) is 1.10. The fourth-order valence-electron chi connectivity index (χ4n) is 2.45. The predicted octanol–water partition coefficient (Wildman–Crippen LogP) is 5.20. The number of carbonyl (C=O) groups excluding carboxylic acids is 1. The molecule has 0 fully saturated rings. The van der Waals surface area contributed by atoms with Gasteiger partial charge in [-0.05, 0) is 43.4 Å². The van der Waals surface area contributed by atoms with Gasteiger partial charge in [0.05, 0.1) is 21.5 Å². The number of amides is 1. The summed E-state index contributed by atoms with van der Waals surface area (Å²) in [6.45, 7) is 0. The molecule has 0 saturated carbocycles. The molecule has 1 N–H and O–H groups in total. The van der Waals surface area contributed by atoms with E-state index < -0.39 is 0 Å². The molecule has 3 rings (SSSR count). The maximum atomic E-state index is 12.0. The number of rotatable bonds is 5. The second-order valence-electron chi connectivity index (χ2n) is 5.39. The van der Waals surface area contributed by atoms with Crippen LogP contribution in [0.4, 0.5) is 5.13 Å². The first-order valence-corrected chi connectivity index (χ1v) is 10.1. The summed E-state index contributed by atoms with van der Waals surface area (Å²) >= 11 is 15.0. The molecular formula is C16H16Cl2N2OS2. The van der Waals surface area contributed by atoms with Crippen molar-refractivity contribution in [2.45, 2.75) is 31.4 Å². The number of thioether (sulfide) groups is 1. The molecule has 1 aliphatic rings. The van der Waals surface area contributed by atoms with Crippen molar-refractivity contribution in [1.82, 2.24) is 4.98 Å². The molecule has 3 nitrogen and oxygen atoms in total. The Kier molecular flexibility index (Phi) is 5.85. The molecule has 1 amide bonds. The SMILES string of the molecule is O=C(CSCc1ccc(Cl)c(Cl)c1)Nc1nc2c(s1)CCCC2. The van der Waals surface area contributed by atoms with Crippen molar-refractivity contribution >= 4 is 57.3 Å². The van der Waals surface area contributed by atoms with E-state index in [-0.39, 0.29) is 5.91 Å². The van der Waals surface area contributed by atoms with E-state index in [2.05, 4.69) is 10.3 Å². The molecule has 0 spiro atoms. The van der Waals surface area contributed by atoms with Gasteiger partial charge in [-0.15, -0.1) is 23.1 Å². The number of hydrogen-bond acceptors (Lipinski definition) is 4. The van der Waals surface area contributed by atoms with Crippen molar-refractivity contribution in [2.24, 2.45) is 0 Å². The number of nitrogens with one attached hydrogen (secondary N) is 1. The molecule has 0 unspecified atom stereocenters. The second kappa shape index (κ2) is 7.88. The quantitative estimate of drug-likeness (QED) is 0.767. The van der Waals surface area contributed by atoms with Crippen LogP contribution in [0.1, 0.15) is 29.0 Å². The van der Waals surface area contributed by atoms with Crippen LogP contribution in [-0.2, 0) is 23.4 Å². The number of anilines is 1. The highest BCUT2D eigenvalue weighted by atomic mass is 35.5. The number of nitrogens with zero attached hydrogens (tertiary/aromatic N) is 1. The third kappa shape index (κ3) is 4.63. The number of halogens is 2. The Bertz CT molecular complexity index is 695. The van der Waals surface area contributed by atoms with E-state index in [1.165, 1.54) is 23.4 Å². The standard InChI is InChI=1S/C16H16Cl2N2OS2/c17-11-6-5-10(7-12(11)18)8-22-9-15(21)20-16-19-13-3-1-2-4-14(13)23-16/h5-7H,1-4,8-9H2,(H,19,20,21). The van der Waals surface area contributed by atoms with Crippen LogP contribution >= 0.6 is 46.3 Å². The van der Waals surface area contributed by atoms with Crippen molar-refractivity contribution in [3.05, 3.63) is 44.4 Å². The number of benzene rings is 1. The molecule has 122 valence electrons. The van der Waals surface area contributed by atoms with E-state index in [1.807, 2.05) is 12.1 Å². The molecule has 0 aliphatic heterocycles. The van der Waals surface area contributed by atoms with Crippen molar-refractivity contribution in [2.75, 3.05) is 11.1 Å². The zero-order chi connectivity index (χ0) is 16.2. The highest BCUT2D eigenvalue weighted by Crippen LogP contribution is 2.29. The topological polar surface area (TPSA) is 42.0 Å². The summed E-state index contributed by atoms with van der Waals surface area (Å²) < 4.78 is 0. The summed E-state index contributed by atoms with van der Waals surface area (Å²) in [6.07, 6.45) is 4.55. The van der Waals surface area contributed by atoms with Crippen molar-refractivity contribution in [3.63, 3.8) is 0 Å². The summed E-state index contributed by atoms with van der Waals surface area (Å²) in [5, 5.41) is 4.73. The third-order valence-electron chi connectivity index (χ3n) is 3.58. The second-order valence-corrected chi connectivity index (χ2v) is 8.27. The highest BCUT2D eigenvalue weighted by Gasteiger charge is 2.16. The number of aryl methyl sites for hydroxylation is 2. The van der Waals surface area contributed by atoms with Crippen LogP contribution in [0.3, 0.4) is 0 Å². The number of thiazole rings is 1. The molecule has 0 atom stereocenters. The zero-order valence-corrected chi connectivity index (χ0v) is 15.5. The van der Waals surface area contributed by atoms with Gasteiger partial charge >= 0.3 is 0 Å². The first-order valence-electron chi connectivity index (χ1n) is 7.42. The molecule has 23 heavy (non-hydrogen) atoms. The largest absolute Gasteiger partial charge is 0.301 e. The smallest absolute Gasteiger partial charge is 0.236 e. The van der Waals surface area contributed by atoms with E-state index in [9.17, 15) is 4.79 Å². The summed E-state index contributed by atoms with van der Waals surface area (Å²) in [7, 11) is 0. The average Bonchev–Trinajstić information content (AvgIpc) is 2.93. The first kappa shape index (κ1) is 17.1. The lowest BCUT2D eigenvalue weighted by molar-refractivity contribution is -0.113. The van der Waals surface area contributed by atoms with E-state index in [4.69, 9.17) is 23.2 Å². The zero-order valence-electron chi connectivity index (χ0n) is 12.4. The van der Waals surface area contributed by atoms with Gasteiger partial charge in [-0.3, -0.25) is 4.79 Å². The minimum Gasteiger partial charge on any atom is -0.301 e. The third-order valence-corrected chi connectivity index (χ3v) is 6.39. The molecule has 1 aromatic heterocycles. The maximum absolute atomic E-state index is 12.0. The molecule has 1 aromatic carbocycles. The Hall–Kier alpha value is -0.750. The lowest BCUT2D eigenvalue weighted by atomic mass is 10.0. The van der Waals surface area contributed by atoms with E-state index in [0.717, 1.165) is 29.3 Å². The molecule has 1 heterocycles. The van der Waals surface area contributed by atoms with Crippen LogP contribution in [0, 0.1) is 0 Å². The van der Waals surface area contributed by atoms with Gasteiger partial charge in [0.25, 0.3) is 0 Å². The van der Waals surface area contributed by atoms with Gasteiger partial charge in [-0.25, -0.2) is 4.98 Å². The molecule has 0 radical (unpaired) electrons. The van der Waals surface area contributed by atoms with Gasteiger partial charge < -0.3 is 5.32 Å². The fraction of sp³-hybridized carbons (Fsp3) is 0.375. The lowest BCUT2D eigenvalue weighted by Gasteiger charge is -2.06. The highest BCUT2D eigenvalue weighted by molar-refractivity contribution is 7.99. The molecule has 7 heteroatoms. The van der Waals surface area contributed by atoms with Crippen LogP contribution in [0.2, 0.25) is 10.0 Å². The maximum Gasteiger partial charge on any atom is 0.236 e. The number of carbonyl (C=O) groups is 1. The Morgan fingerprint density at radius 1 is 1.26 bits per heavy atom. The van der Waals surface area contributed by atoms with Crippen LogP contribution in [0.25, 0.3) is 0 Å². The number of hydrogen-bond donors (Lipinski definition) is 1. The Morgan fingerprint density at radius 3 is 2.87 bits per heavy atom. The molecule has 2 aromatic rings. The predicted molar refractivity (Wildman–Crippen MR) is 100 cm³/mol. The summed E-state index contributed by atoms with van der Waals surface area (Å²) in [4.78, 5) is 17.9. The van der Waals surface area contributed by atoms with Gasteiger partial charge in [0, 0.05) is 10.6 Å². The summed E-state index contributed by atoms with van der Waals surface area (Å²) in [5.41, 5.74) is 2.22. The van der Waals surface area contributed by atoms with Gasteiger partial charge in [0.2, 0.25) is 5.91 Å². The van der Waals surface area contributed by atoms with Gasteiger partial charge in [-0.1, -0.05) is 29.3 Å². The van der Waals surface area contributed by atoms with Gasteiger partial charge in [0.1, 0.15) is 0 Å². The van der Waals surface area contributed by atoms with Crippen LogP contribution in [-0.4, -0.2) is 16.6 Å². The van der Waals surface area contributed by atoms with Crippen LogP contribution in [0.5, 0.6) is 0 Å².